The highest BCUT2D eigenvalue weighted by Gasteiger charge is 2.22. The molecule has 108 valence electrons. The molecule has 0 fully saturated rings. The van der Waals surface area contributed by atoms with Crippen molar-refractivity contribution in [2.24, 2.45) is 10.9 Å². The van der Waals surface area contributed by atoms with E-state index in [0.717, 1.165) is 16.8 Å². The first-order valence-corrected chi connectivity index (χ1v) is 7.01. The molecular formula is C18H19NO2. The maximum Gasteiger partial charge on any atom is 0.328 e. The Balaban J connectivity index is 2.54. The molecule has 0 heterocycles. The van der Waals surface area contributed by atoms with Gasteiger partial charge >= 0.3 is 5.97 Å². The van der Waals surface area contributed by atoms with Crippen LogP contribution in [0.3, 0.4) is 0 Å². The number of hydrogen-bond donors (Lipinski definition) is 1. The summed E-state index contributed by atoms with van der Waals surface area (Å²) >= 11 is 0. The Morgan fingerprint density at radius 1 is 0.905 bits per heavy atom. The summed E-state index contributed by atoms with van der Waals surface area (Å²) in [5, 5.41) is 9.38. The normalized spacial score (nSPS) is 12.0. The first kappa shape index (κ1) is 15.0. The quantitative estimate of drug-likeness (QED) is 0.851. The van der Waals surface area contributed by atoms with E-state index in [4.69, 9.17) is 0 Å². The molecule has 0 saturated heterocycles. The van der Waals surface area contributed by atoms with E-state index < -0.39 is 12.0 Å². The second-order valence-corrected chi connectivity index (χ2v) is 5.24. The third-order valence-electron chi connectivity index (χ3n) is 3.25. The molecule has 1 atom stereocenters. The molecule has 0 radical (unpaired) electrons. The maximum absolute atomic E-state index is 11.4. The summed E-state index contributed by atoms with van der Waals surface area (Å²) in [5.41, 5.74) is 2.57. The fourth-order valence-corrected chi connectivity index (χ4v) is 2.14. The lowest BCUT2D eigenvalue weighted by molar-refractivity contribution is -0.139. The van der Waals surface area contributed by atoms with Gasteiger partial charge in [-0.1, -0.05) is 74.5 Å². The van der Waals surface area contributed by atoms with Gasteiger partial charge in [0.1, 0.15) is 6.04 Å². The number of aliphatic imine (C=N–C) groups is 1. The van der Waals surface area contributed by atoms with Gasteiger partial charge in [0.25, 0.3) is 0 Å². The van der Waals surface area contributed by atoms with Crippen molar-refractivity contribution < 1.29 is 9.90 Å². The van der Waals surface area contributed by atoms with Crippen LogP contribution in [0.5, 0.6) is 0 Å². The summed E-state index contributed by atoms with van der Waals surface area (Å²) in [5.74, 6) is -0.959. The molecule has 0 spiro atoms. The molecule has 3 heteroatoms. The molecule has 2 rings (SSSR count). The Bertz CT molecular complexity index is 577. The molecule has 2 aromatic carbocycles. The molecular weight excluding hydrogens is 262 g/mol. The molecule has 0 unspecified atom stereocenters. The molecule has 0 amide bonds. The van der Waals surface area contributed by atoms with Gasteiger partial charge in [0.2, 0.25) is 0 Å². The predicted molar refractivity (Wildman–Crippen MR) is 84.8 cm³/mol. The largest absolute Gasteiger partial charge is 0.480 e. The minimum atomic E-state index is -0.894. The smallest absolute Gasteiger partial charge is 0.328 e. The lowest BCUT2D eigenvalue weighted by Crippen LogP contribution is -2.26. The zero-order valence-electron chi connectivity index (χ0n) is 12.2. The molecule has 0 saturated carbocycles. The fourth-order valence-electron chi connectivity index (χ4n) is 2.14. The van der Waals surface area contributed by atoms with Crippen molar-refractivity contribution in [2.45, 2.75) is 19.9 Å². The lowest BCUT2D eigenvalue weighted by atomic mass is 10.00. The molecule has 0 aliphatic carbocycles. The van der Waals surface area contributed by atoms with Crippen molar-refractivity contribution in [1.29, 1.82) is 0 Å². The molecule has 0 aliphatic heterocycles. The molecule has 21 heavy (non-hydrogen) atoms. The molecule has 3 nitrogen and oxygen atoms in total. The average Bonchev–Trinajstić information content (AvgIpc) is 2.49. The Morgan fingerprint density at radius 2 is 1.33 bits per heavy atom. The van der Waals surface area contributed by atoms with Gasteiger partial charge in [0.05, 0.1) is 5.71 Å². The number of carboxylic acid groups (broad SMARTS) is 1. The second kappa shape index (κ2) is 6.84. The van der Waals surface area contributed by atoms with Crippen LogP contribution in [0.15, 0.2) is 65.7 Å². The third kappa shape index (κ3) is 3.78. The van der Waals surface area contributed by atoms with Crippen LogP contribution in [0.4, 0.5) is 0 Å². The van der Waals surface area contributed by atoms with Crippen molar-refractivity contribution in [3.8, 4) is 0 Å². The Morgan fingerprint density at radius 3 is 1.67 bits per heavy atom. The molecule has 1 N–H and O–H groups in total. The summed E-state index contributed by atoms with van der Waals surface area (Å²) in [6, 6.07) is 18.6. The first-order chi connectivity index (χ1) is 10.1. The van der Waals surface area contributed by atoms with Gasteiger partial charge < -0.3 is 5.11 Å². The zero-order chi connectivity index (χ0) is 15.2. The van der Waals surface area contributed by atoms with Crippen LogP contribution < -0.4 is 0 Å². The second-order valence-electron chi connectivity index (χ2n) is 5.24. The van der Waals surface area contributed by atoms with E-state index in [0.29, 0.717) is 0 Å². The van der Waals surface area contributed by atoms with Crippen molar-refractivity contribution in [3.63, 3.8) is 0 Å². The highest BCUT2D eigenvalue weighted by atomic mass is 16.4. The Labute approximate surface area is 125 Å². The van der Waals surface area contributed by atoms with Gasteiger partial charge in [-0.3, -0.25) is 4.99 Å². The van der Waals surface area contributed by atoms with Crippen LogP contribution in [0.2, 0.25) is 0 Å². The van der Waals surface area contributed by atoms with E-state index in [1.807, 2.05) is 74.5 Å². The van der Waals surface area contributed by atoms with E-state index in [1.54, 1.807) is 0 Å². The topological polar surface area (TPSA) is 49.7 Å². The zero-order valence-corrected chi connectivity index (χ0v) is 12.2. The van der Waals surface area contributed by atoms with Crippen LogP contribution in [0.25, 0.3) is 0 Å². The van der Waals surface area contributed by atoms with E-state index in [9.17, 15) is 9.90 Å². The molecule has 0 aliphatic rings. The van der Waals surface area contributed by atoms with Crippen molar-refractivity contribution >= 4 is 11.7 Å². The number of hydrogen-bond acceptors (Lipinski definition) is 2. The highest BCUT2D eigenvalue weighted by Crippen LogP contribution is 2.15. The van der Waals surface area contributed by atoms with Crippen LogP contribution in [0.1, 0.15) is 25.0 Å². The Kier molecular flexibility index (Phi) is 4.88. The standard InChI is InChI=1S/C18H19NO2/c1-13(2)16(18(20)21)19-17(14-9-5-3-6-10-14)15-11-7-4-8-12-15/h3-13,16H,1-2H3,(H,20,21)/t16-/m0/s1. The fraction of sp³-hybridized carbons (Fsp3) is 0.222. The van der Waals surface area contributed by atoms with E-state index in [2.05, 4.69) is 4.99 Å². The number of benzene rings is 2. The minimum Gasteiger partial charge on any atom is -0.480 e. The molecule has 0 aromatic heterocycles. The summed E-state index contributed by atoms with van der Waals surface area (Å²) in [6.07, 6.45) is 0. The number of carboxylic acids is 1. The SMILES string of the molecule is CC(C)[C@H](N=C(c1ccccc1)c1ccccc1)C(=O)O. The van der Waals surface area contributed by atoms with Crippen LogP contribution in [-0.4, -0.2) is 22.8 Å². The van der Waals surface area contributed by atoms with Gasteiger partial charge in [0.15, 0.2) is 0 Å². The maximum atomic E-state index is 11.4. The first-order valence-electron chi connectivity index (χ1n) is 7.01. The van der Waals surface area contributed by atoms with E-state index in [1.165, 1.54) is 0 Å². The summed E-state index contributed by atoms with van der Waals surface area (Å²) in [4.78, 5) is 16.0. The summed E-state index contributed by atoms with van der Waals surface area (Å²) < 4.78 is 0. The average molecular weight is 281 g/mol. The number of aliphatic carboxylic acids is 1. The van der Waals surface area contributed by atoms with Gasteiger partial charge in [0, 0.05) is 11.1 Å². The summed E-state index contributed by atoms with van der Waals surface area (Å²) in [7, 11) is 0. The van der Waals surface area contributed by atoms with Crippen molar-refractivity contribution in [1.82, 2.24) is 0 Å². The minimum absolute atomic E-state index is 0.0649. The van der Waals surface area contributed by atoms with Crippen LogP contribution in [-0.2, 0) is 4.79 Å². The molecule has 2 aromatic rings. The number of carbonyl (C=O) groups is 1. The third-order valence-corrected chi connectivity index (χ3v) is 3.25. The van der Waals surface area contributed by atoms with Gasteiger partial charge in [-0.2, -0.15) is 0 Å². The number of rotatable bonds is 5. The van der Waals surface area contributed by atoms with E-state index >= 15 is 0 Å². The van der Waals surface area contributed by atoms with E-state index in [-0.39, 0.29) is 5.92 Å². The lowest BCUT2D eigenvalue weighted by Gasteiger charge is -2.15. The highest BCUT2D eigenvalue weighted by molar-refractivity contribution is 6.13. The van der Waals surface area contributed by atoms with Gasteiger partial charge in [-0.05, 0) is 5.92 Å². The molecule has 0 bridgehead atoms. The van der Waals surface area contributed by atoms with Crippen molar-refractivity contribution in [3.05, 3.63) is 71.8 Å². The summed E-state index contributed by atoms with van der Waals surface area (Å²) in [6.45, 7) is 3.74. The number of nitrogens with zero attached hydrogens (tertiary/aromatic N) is 1. The van der Waals surface area contributed by atoms with Gasteiger partial charge in [-0.25, -0.2) is 4.79 Å². The van der Waals surface area contributed by atoms with Crippen LogP contribution >= 0.6 is 0 Å². The Hall–Kier alpha value is -2.42. The van der Waals surface area contributed by atoms with Crippen LogP contribution in [0, 0.1) is 5.92 Å². The monoisotopic (exact) mass is 281 g/mol. The van der Waals surface area contributed by atoms with Gasteiger partial charge in [-0.15, -0.1) is 0 Å². The van der Waals surface area contributed by atoms with Crippen molar-refractivity contribution in [2.75, 3.05) is 0 Å². The predicted octanol–water partition coefficient (Wildman–Crippen LogP) is 3.63.